The summed E-state index contributed by atoms with van der Waals surface area (Å²) in [6.07, 6.45) is 5.40. The molecule has 1 aromatic heterocycles. The number of esters is 1. The molecule has 0 radical (unpaired) electrons. The van der Waals surface area contributed by atoms with Crippen LogP contribution < -0.4 is 9.47 Å². The molecule has 36 heavy (non-hydrogen) atoms. The summed E-state index contributed by atoms with van der Waals surface area (Å²) in [6.45, 7) is 0.123. The quantitative estimate of drug-likeness (QED) is 0.514. The average Bonchev–Trinajstić information content (AvgIpc) is 3.54. The lowest BCUT2D eigenvalue weighted by atomic mass is 9.86. The summed E-state index contributed by atoms with van der Waals surface area (Å²) in [5.41, 5.74) is 4.69. The molecule has 1 saturated heterocycles. The van der Waals surface area contributed by atoms with Gasteiger partial charge in [-0.1, -0.05) is 24.3 Å². The molecular weight excluding hydrogens is 460 g/mol. The van der Waals surface area contributed by atoms with Gasteiger partial charge in [-0.15, -0.1) is 0 Å². The van der Waals surface area contributed by atoms with Crippen molar-refractivity contribution in [3.63, 3.8) is 0 Å². The van der Waals surface area contributed by atoms with Crippen molar-refractivity contribution in [3.05, 3.63) is 64.8 Å². The summed E-state index contributed by atoms with van der Waals surface area (Å²) in [5.74, 6) is 0.148. The Labute approximate surface area is 207 Å². The highest BCUT2D eigenvalue weighted by atomic mass is 16.7. The van der Waals surface area contributed by atoms with Crippen molar-refractivity contribution in [3.8, 4) is 11.5 Å². The summed E-state index contributed by atoms with van der Waals surface area (Å²) in [7, 11) is 0. The number of aromatic nitrogens is 1. The van der Waals surface area contributed by atoms with E-state index in [0.717, 1.165) is 41.0 Å². The number of rotatable bonds is 4. The van der Waals surface area contributed by atoms with Crippen LogP contribution in [0.15, 0.2) is 42.5 Å². The minimum absolute atomic E-state index is 0.214. The monoisotopic (exact) mass is 484 g/mol. The molecule has 3 aromatic rings. The first-order valence-corrected chi connectivity index (χ1v) is 12.1. The third kappa shape index (κ3) is 3.98. The van der Waals surface area contributed by atoms with Crippen molar-refractivity contribution in [1.82, 2.24) is 9.88 Å². The van der Waals surface area contributed by atoms with Crippen molar-refractivity contribution in [2.75, 3.05) is 19.9 Å². The molecule has 2 aliphatic heterocycles. The lowest BCUT2D eigenvalue weighted by Gasteiger charge is -2.22. The van der Waals surface area contributed by atoms with E-state index < -0.39 is 18.5 Å². The van der Waals surface area contributed by atoms with E-state index in [9.17, 15) is 14.4 Å². The number of allylic oxidation sites excluding steroid dienone is 1. The van der Waals surface area contributed by atoms with Crippen LogP contribution in [0.1, 0.15) is 52.9 Å². The first-order chi connectivity index (χ1) is 17.6. The molecule has 2 aromatic carbocycles. The predicted octanol–water partition coefficient (Wildman–Crippen LogP) is 4.15. The molecule has 6 rings (SSSR count). The van der Waals surface area contributed by atoms with E-state index in [-0.39, 0.29) is 12.7 Å². The van der Waals surface area contributed by atoms with Gasteiger partial charge in [0.2, 0.25) is 12.7 Å². The average molecular weight is 485 g/mol. The number of carbonyl (C=O) groups excluding carboxylic acids is 3. The van der Waals surface area contributed by atoms with Gasteiger partial charge in [0.25, 0.3) is 5.91 Å². The number of benzene rings is 2. The first kappa shape index (κ1) is 22.3. The van der Waals surface area contributed by atoms with Crippen LogP contribution in [0.2, 0.25) is 0 Å². The molecule has 2 amide bonds. The van der Waals surface area contributed by atoms with Crippen LogP contribution in [0.3, 0.4) is 0 Å². The van der Waals surface area contributed by atoms with Gasteiger partial charge in [0, 0.05) is 18.4 Å². The fourth-order valence-electron chi connectivity index (χ4n) is 5.10. The molecule has 8 heteroatoms. The first-order valence-electron chi connectivity index (χ1n) is 12.1. The van der Waals surface area contributed by atoms with E-state index in [2.05, 4.69) is 6.08 Å². The van der Waals surface area contributed by atoms with Crippen LogP contribution in [-0.2, 0) is 20.7 Å². The van der Waals surface area contributed by atoms with Crippen LogP contribution in [0.25, 0.3) is 22.6 Å². The summed E-state index contributed by atoms with van der Waals surface area (Å²) < 4.78 is 16.4. The molecule has 0 bridgehead atoms. The molecule has 182 valence electrons. The van der Waals surface area contributed by atoms with Crippen LogP contribution in [-0.4, -0.2) is 47.6 Å². The Morgan fingerprint density at radius 1 is 1.03 bits per heavy atom. The number of para-hydroxylation sites is 1. The second-order valence-electron chi connectivity index (χ2n) is 9.09. The highest BCUT2D eigenvalue weighted by Crippen LogP contribution is 2.38. The number of imide groups is 1. The van der Waals surface area contributed by atoms with Crippen molar-refractivity contribution in [1.29, 1.82) is 0 Å². The number of carbonyl (C=O) groups is 3. The largest absolute Gasteiger partial charge is 0.454 e. The van der Waals surface area contributed by atoms with Crippen molar-refractivity contribution in [2.45, 2.75) is 32.1 Å². The number of amides is 2. The Morgan fingerprint density at radius 2 is 1.89 bits per heavy atom. The molecule has 0 spiro atoms. The van der Waals surface area contributed by atoms with Gasteiger partial charge in [-0.05, 0) is 66.7 Å². The second-order valence-corrected chi connectivity index (χ2v) is 9.09. The smallest absolute Gasteiger partial charge is 0.339 e. The van der Waals surface area contributed by atoms with Gasteiger partial charge < -0.3 is 14.2 Å². The number of nitrogens with zero attached hydrogens (tertiary/aromatic N) is 2. The molecule has 0 N–H and O–H groups in total. The maximum atomic E-state index is 13.4. The maximum absolute atomic E-state index is 13.4. The Kier molecular flexibility index (Phi) is 5.64. The number of likely N-dealkylation sites (tertiary alicyclic amines) is 1. The SMILES string of the molecule is O=C(OCC(=O)N1CCCC1=O)c1c2c(nc3ccccc13)C(=Cc1ccc3c(c1)OCO3)CCC2. The Bertz CT molecular complexity index is 1440. The zero-order chi connectivity index (χ0) is 24.6. The van der Waals surface area contributed by atoms with Gasteiger partial charge in [-0.25, -0.2) is 9.78 Å². The van der Waals surface area contributed by atoms with Gasteiger partial charge in [-0.2, -0.15) is 0 Å². The number of pyridine rings is 1. The van der Waals surface area contributed by atoms with Gasteiger partial charge >= 0.3 is 5.97 Å². The predicted molar refractivity (Wildman–Crippen MR) is 131 cm³/mol. The van der Waals surface area contributed by atoms with Gasteiger partial charge in [0.1, 0.15) is 0 Å². The number of ether oxygens (including phenoxy) is 3. The third-order valence-electron chi connectivity index (χ3n) is 6.81. The van der Waals surface area contributed by atoms with E-state index in [1.165, 1.54) is 4.90 Å². The van der Waals surface area contributed by atoms with E-state index in [0.29, 0.717) is 48.0 Å². The van der Waals surface area contributed by atoms with E-state index in [4.69, 9.17) is 19.2 Å². The molecular formula is C28H24N2O6. The standard InChI is InChI=1S/C28H24N2O6/c31-24-9-4-12-30(24)25(32)15-34-28(33)26-19-6-1-2-8-21(19)29-27-18(5-3-7-20(26)27)13-17-10-11-22-23(14-17)36-16-35-22/h1-2,6,8,10-11,13-14H,3-5,7,9,12,15-16H2. The summed E-state index contributed by atoms with van der Waals surface area (Å²) in [4.78, 5) is 43.8. The second kappa shape index (κ2) is 9.11. The minimum Gasteiger partial charge on any atom is -0.454 e. The highest BCUT2D eigenvalue weighted by molar-refractivity contribution is 6.07. The summed E-state index contributed by atoms with van der Waals surface area (Å²) >= 11 is 0. The zero-order valence-corrected chi connectivity index (χ0v) is 19.6. The Morgan fingerprint density at radius 3 is 2.75 bits per heavy atom. The molecule has 1 aliphatic carbocycles. The minimum atomic E-state index is -0.575. The summed E-state index contributed by atoms with van der Waals surface area (Å²) in [5, 5.41) is 0.690. The van der Waals surface area contributed by atoms with Gasteiger partial charge in [-0.3, -0.25) is 14.5 Å². The fraction of sp³-hybridized carbons (Fsp3) is 0.286. The molecule has 8 nitrogen and oxygen atoms in total. The van der Waals surface area contributed by atoms with Crippen LogP contribution >= 0.6 is 0 Å². The van der Waals surface area contributed by atoms with Crippen molar-refractivity contribution >= 4 is 40.3 Å². The van der Waals surface area contributed by atoms with Crippen LogP contribution in [0.5, 0.6) is 11.5 Å². The zero-order valence-electron chi connectivity index (χ0n) is 19.6. The van der Waals surface area contributed by atoms with Crippen LogP contribution in [0, 0.1) is 0 Å². The normalized spacial score (nSPS) is 17.5. The number of hydrogen-bond donors (Lipinski definition) is 0. The Balaban J connectivity index is 1.36. The molecule has 3 heterocycles. The summed E-state index contributed by atoms with van der Waals surface area (Å²) in [6, 6.07) is 13.2. The van der Waals surface area contributed by atoms with Gasteiger partial charge in [0.05, 0.1) is 16.8 Å². The van der Waals surface area contributed by atoms with Crippen molar-refractivity contribution < 1.29 is 28.6 Å². The van der Waals surface area contributed by atoms with Crippen molar-refractivity contribution in [2.24, 2.45) is 0 Å². The third-order valence-corrected chi connectivity index (χ3v) is 6.81. The number of fused-ring (bicyclic) bond motifs is 3. The maximum Gasteiger partial charge on any atom is 0.339 e. The topological polar surface area (TPSA) is 95.0 Å². The fourth-order valence-corrected chi connectivity index (χ4v) is 5.10. The lowest BCUT2D eigenvalue weighted by Crippen LogP contribution is -2.35. The molecule has 1 fully saturated rings. The highest BCUT2D eigenvalue weighted by Gasteiger charge is 2.29. The van der Waals surface area contributed by atoms with Crippen LogP contribution in [0.4, 0.5) is 0 Å². The van der Waals surface area contributed by atoms with E-state index in [1.54, 1.807) is 0 Å². The van der Waals surface area contributed by atoms with E-state index in [1.807, 2.05) is 42.5 Å². The lowest BCUT2D eigenvalue weighted by molar-refractivity contribution is -0.143. The molecule has 0 unspecified atom stereocenters. The number of hydrogen-bond acceptors (Lipinski definition) is 7. The van der Waals surface area contributed by atoms with Gasteiger partial charge in [0.15, 0.2) is 18.1 Å². The Hall–Kier alpha value is -4.20. The molecule has 3 aliphatic rings. The van der Waals surface area contributed by atoms with E-state index >= 15 is 0 Å². The molecule has 0 atom stereocenters. The molecule has 0 saturated carbocycles.